The van der Waals surface area contributed by atoms with Crippen LogP contribution in [0.1, 0.15) is 44.9 Å². The van der Waals surface area contributed by atoms with E-state index in [1.807, 2.05) is 0 Å². The molecule has 102 valence electrons. The van der Waals surface area contributed by atoms with Crippen molar-refractivity contribution in [3.8, 4) is 0 Å². The van der Waals surface area contributed by atoms with Crippen molar-refractivity contribution in [1.82, 2.24) is 10.6 Å². The number of rotatable bonds is 4. The minimum Gasteiger partial charge on any atom is -0.481 e. The second-order valence-electron chi connectivity index (χ2n) is 5.51. The molecule has 5 heteroatoms. The van der Waals surface area contributed by atoms with Gasteiger partial charge >= 0.3 is 5.97 Å². The highest BCUT2D eigenvalue weighted by Crippen LogP contribution is 2.36. The first kappa shape index (κ1) is 13.3. The summed E-state index contributed by atoms with van der Waals surface area (Å²) in [4.78, 5) is 23.3. The molecular formula is C13H22N2O3. The van der Waals surface area contributed by atoms with Crippen molar-refractivity contribution in [2.24, 2.45) is 5.41 Å². The number of nitrogens with one attached hydrogen (secondary N) is 2. The van der Waals surface area contributed by atoms with E-state index < -0.39 is 11.4 Å². The molecular weight excluding hydrogens is 232 g/mol. The van der Waals surface area contributed by atoms with Crippen molar-refractivity contribution in [2.75, 3.05) is 13.1 Å². The fourth-order valence-electron chi connectivity index (χ4n) is 2.98. The molecule has 1 aliphatic carbocycles. The molecule has 2 rings (SSSR count). The van der Waals surface area contributed by atoms with Gasteiger partial charge < -0.3 is 15.7 Å². The van der Waals surface area contributed by atoms with E-state index in [1.165, 1.54) is 0 Å². The number of carbonyl (C=O) groups is 2. The fourth-order valence-corrected chi connectivity index (χ4v) is 2.98. The second kappa shape index (κ2) is 5.69. The molecule has 0 unspecified atom stereocenters. The molecule has 1 aliphatic heterocycles. The van der Waals surface area contributed by atoms with E-state index in [0.717, 1.165) is 38.6 Å². The Bertz CT molecular complexity index is 318. The van der Waals surface area contributed by atoms with Crippen LogP contribution in [-0.4, -0.2) is 36.1 Å². The van der Waals surface area contributed by atoms with Gasteiger partial charge in [-0.25, -0.2) is 0 Å². The van der Waals surface area contributed by atoms with Crippen molar-refractivity contribution in [1.29, 1.82) is 0 Å². The van der Waals surface area contributed by atoms with E-state index in [4.69, 9.17) is 0 Å². The molecule has 1 saturated heterocycles. The van der Waals surface area contributed by atoms with Crippen LogP contribution in [0.3, 0.4) is 0 Å². The van der Waals surface area contributed by atoms with Crippen LogP contribution in [0, 0.1) is 5.41 Å². The number of amides is 1. The van der Waals surface area contributed by atoms with Crippen molar-refractivity contribution in [2.45, 2.75) is 51.0 Å². The molecule has 1 saturated carbocycles. The normalized spacial score (nSPS) is 26.8. The summed E-state index contributed by atoms with van der Waals surface area (Å²) in [5.74, 6) is -0.805. The van der Waals surface area contributed by atoms with Crippen LogP contribution < -0.4 is 10.6 Å². The van der Waals surface area contributed by atoms with Crippen molar-refractivity contribution in [3.63, 3.8) is 0 Å². The van der Waals surface area contributed by atoms with Crippen molar-refractivity contribution >= 4 is 11.9 Å². The van der Waals surface area contributed by atoms with Crippen LogP contribution in [-0.2, 0) is 9.59 Å². The molecule has 0 bridgehead atoms. The maximum absolute atomic E-state index is 11.9. The standard InChI is InChI=1S/C13H22N2O3/c16-11(10-5-4-8-14-10)15-9-13(12(17)18)6-2-1-3-7-13/h10,14H,1-9H2,(H,15,16)(H,17,18)/t10-/m1/s1. The monoisotopic (exact) mass is 254 g/mol. The van der Waals surface area contributed by atoms with Crippen LogP contribution >= 0.6 is 0 Å². The molecule has 0 spiro atoms. The first-order valence-corrected chi connectivity index (χ1v) is 6.89. The number of aliphatic carboxylic acids is 1. The maximum atomic E-state index is 11.9. The lowest BCUT2D eigenvalue weighted by molar-refractivity contribution is -0.151. The van der Waals surface area contributed by atoms with Crippen LogP contribution in [0.4, 0.5) is 0 Å². The lowest BCUT2D eigenvalue weighted by Gasteiger charge is -2.33. The SMILES string of the molecule is O=C(NCC1(C(=O)O)CCCCC1)[C@H]1CCCN1. The van der Waals surface area contributed by atoms with Gasteiger partial charge in [0.1, 0.15) is 0 Å². The molecule has 1 atom stereocenters. The molecule has 0 aromatic heterocycles. The Balaban J connectivity index is 1.89. The smallest absolute Gasteiger partial charge is 0.311 e. The minimum absolute atomic E-state index is 0.0429. The Morgan fingerprint density at radius 3 is 2.50 bits per heavy atom. The molecule has 1 heterocycles. The summed E-state index contributed by atoms with van der Waals surface area (Å²) in [6, 6.07) is -0.126. The van der Waals surface area contributed by atoms with Crippen LogP contribution in [0.25, 0.3) is 0 Å². The summed E-state index contributed by atoms with van der Waals surface area (Å²) in [6.45, 7) is 1.15. The van der Waals surface area contributed by atoms with Crippen LogP contribution in [0.15, 0.2) is 0 Å². The Morgan fingerprint density at radius 1 is 1.22 bits per heavy atom. The molecule has 0 radical (unpaired) electrons. The molecule has 0 aromatic carbocycles. The molecule has 5 nitrogen and oxygen atoms in total. The fraction of sp³-hybridized carbons (Fsp3) is 0.846. The highest BCUT2D eigenvalue weighted by atomic mass is 16.4. The second-order valence-corrected chi connectivity index (χ2v) is 5.51. The Labute approximate surface area is 107 Å². The summed E-state index contributed by atoms with van der Waals surface area (Å²) in [7, 11) is 0. The molecule has 3 N–H and O–H groups in total. The van der Waals surface area contributed by atoms with E-state index in [0.29, 0.717) is 12.8 Å². The van der Waals surface area contributed by atoms with Crippen molar-refractivity contribution < 1.29 is 14.7 Å². The van der Waals surface area contributed by atoms with Gasteiger partial charge in [0.25, 0.3) is 0 Å². The highest BCUT2D eigenvalue weighted by molar-refractivity contribution is 5.83. The van der Waals surface area contributed by atoms with Gasteiger partial charge in [0.05, 0.1) is 11.5 Å². The largest absolute Gasteiger partial charge is 0.481 e. The van der Waals surface area contributed by atoms with E-state index in [-0.39, 0.29) is 18.5 Å². The first-order valence-electron chi connectivity index (χ1n) is 6.89. The molecule has 0 aromatic rings. The van der Waals surface area contributed by atoms with E-state index in [1.54, 1.807) is 0 Å². The Morgan fingerprint density at radius 2 is 1.94 bits per heavy atom. The zero-order chi connectivity index (χ0) is 13.0. The predicted molar refractivity (Wildman–Crippen MR) is 67.2 cm³/mol. The summed E-state index contributed by atoms with van der Waals surface area (Å²) < 4.78 is 0. The van der Waals surface area contributed by atoms with Gasteiger partial charge in [-0.3, -0.25) is 9.59 Å². The van der Waals surface area contributed by atoms with Crippen LogP contribution in [0.5, 0.6) is 0 Å². The minimum atomic E-state index is -0.762. The third kappa shape index (κ3) is 2.83. The maximum Gasteiger partial charge on any atom is 0.311 e. The van der Waals surface area contributed by atoms with Gasteiger partial charge in [-0.2, -0.15) is 0 Å². The molecule has 1 amide bonds. The highest BCUT2D eigenvalue weighted by Gasteiger charge is 2.40. The van der Waals surface area contributed by atoms with E-state index in [9.17, 15) is 14.7 Å². The van der Waals surface area contributed by atoms with Gasteiger partial charge in [0, 0.05) is 6.54 Å². The number of carbonyl (C=O) groups excluding carboxylic acids is 1. The lowest BCUT2D eigenvalue weighted by atomic mass is 9.74. The van der Waals surface area contributed by atoms with E-state index >= 15 is 0 Å². The lowest BCUT2D eigenvalue weighted by Crippen LogP contribution is -2.48. The zero-order valence-electron chi connectivity index (χ0n) is 10.7. The molecule has 2 aliphatic rings. The van der Waals surface area contributed by atoms with Crippen LogP contribution in [0.2, 0.25) is 0 Å². The summed E-state index contributed by atoms with van der Waals surface area (Å²) in [5, 5.41) is 15.4. The van der Waals surface area contributed by atoms with Gasteiger partial charge in [0.15, 0.2) is 0 Å². The Kier molecular flexibility index (Phi) is 4.22. The average Bonchev–Trinajstić information content (AvgIpc) is 2.91. The number of hydrogen-bond donors (Lipinski definition) is 3. The number of carboxylic acid groups (broad SMARTS) is 1. The topological polar surface area (TPSA) is 78.4 Å². The summed E-state index contributed by atoms with van der Waals surface area (Å²) in [5.41, 5.74) is -0.730. The predicted octanol–water partition coefficient (Wildman–Crippen LogP) is 0.890. The summed E-state index contributed by atoms with van der Waals surface area (Å²) in [6.07, 6.45) is 6.23. The third-order valence-corrected chi connectivity index (χ3v) is 4.24. The van der Waals surface area contributed by atoms with Gasteiger partial charge in [-0.15, -0.1) is 0 Å². The number of carboxylic acids is 1. The quantitative estimate of drug-likeness (QED) is 0.696. The number of hydrogen-bond acceptors (Lipinski definition) is 3. The zero-order valence-corrected chi connectivity index (χ0v) is 10.7. The Hall–Kier alpha value is -1.10. The average molecular weight is 254 g/mol. The third-order valence-electron chi connectivity index (χ3n) is 4.24. The molecule has 2 fully saturated rings. The molecule has 18 heavy (non-hydrogen) atoms. The first-order chi connectivity index (χ1) is 8.64. The van der Waals surface area contributed by atoms with Gasteiger partial charge in [0.2, 0.25) is 5.91 Å². The van der Waals surface area contributed by atoms with Crippen molar-refractivity contribution in [3.05, 3.63) is 0 Å². The van der Waals surface area contributed by atoms with E-state index in [2.05, 4.69) is 10.6 Å². The van der Waals surface area contributed by atoms with Gasteiger partial charge in [-0.1, -0.05) is 19.3 Å². The van der Waals surface area contributed by atoms with Gasteiger partial charge in [-0.05, 0) is 32.2 Å². The summed E-state index contributed by atoms with van der Waals surface area (Å²) >= 11 is 0.